The van der Waals surface area contributed by atoms with E-state index in [1.807, 2.05) is 18.2 Å². The molecule has 1 aliphatic heterocycles. The summed E-state index contributed by atoms with van der Waals surface area (Å²) in [5, 5.41) is 12.7. The Bertz CT molecular complexity index is 987. The van der Waals surface area contributed by atoms with Crippen LogP contribution < -0.4 is 5.32 Å². The molecule has 0 fully saturated rings. The molecule has 1 amide bonds. The van der Waals surface area contributed by atoms with Crippen LogP contribution in [0.2, 0.25) is 0 Å². The van der Waals surface area contributed by atoms with E-state index in [9.17, 15) is 9.90 Å². The smallest absolute Gasteiger partial charge is 0.256 e. The number of aromatic nitrogens is 1. The fourth-order valence-electron chi connectivity index (χ4n) is 2.58. The van der Waals surface area contributed by atoms with E-state index in [1.165, 1.54) is 11.3 Å². The summed E-state index contributed by atoms with van der Waals surface area (Å²) in [5.74, 6) is -0.00510. The van der Waals surface area contributed by atoms with Crippen molar-refractivity contribution in [3.8, 4) is 5.75 Å². The molecule has 0 spiro atoms. The Labute approximate surface area is 152 Å². The average Bonchev–Trinajstić information content (AvgIpc) is 3.09. The van der Waals surface area contributed by atoms with Gasteiger partial charge in [0.15, 0.2) is 0 Å². The van der Waals surface area contributed by atoms with Crippen LogP contribution in [0.15, 0.2) is 38.7 Å². The van der Waals surface area contributed by atoms with Gasteiger partial charge < -0.3 is 10.4 Å². The number of rotatable bonds is 1. The molecule has 2 heterocycles. The number of halogens is 2. The zero-order valence-electron chi connectivity index (χ0n) is 11.4. The van der Waals surface area contributed by atoms with Gasteiger partial charge in [-0.2, -0.15) is 0 Å². The topological polar surface area (TPSA) is 62.2 Å². The van der Waals surface area contributed by atoms with Gasteiger partial charge in [0.05, 0.1) is 35.9 Å². The zero-order valence-corrected chi connectivity index (χ0v) is 15.4. The highest BCUT2D eigenvalue weighted by atomic mass is 79.9. The highest BCUT2D eigenvalue weighted by Crippen LogP contribution is 2.41. The zero-order chi connectivity index (χ0) is 16.1. The van der Waals surface area contributed by atoms with Crippen molar-refractivity contribution < 1.29 is 9.90 Å². The number of amides is 1. The molecule has 4 nitrogen and oxygen atoms in total. The predicted octanol–water partition coefficient (Wildman–Crippen LogP) is 5.02. The second-order valence-corrected chi connectivity index (χ2v) is 7.60. The molecule has 0 saturated heterocycles. The molecule has 0 bridgehead atoms. The number of benzene rings is 2. The molecule has 4 rings (SSSR count). The fourth-order valence-corrected chi connectivity index (χ4v) is 4.65. The summed E-state index contributed by atoms with van der Waals surface area (Å²) < 4.78 is 2.12. The summed E-state index contributed by atoms with van der Waals surface area (Å²) in [6, 6.07) is 7.32. The van der Waals surface area contributed by atoms with Gasteiger partial charge in [-0.3, -0.25) is 4.79 Å². The molecule has 2 N–H and O–H groups in total. The Morgan fingerprint density at radius 3 is 2.70 bits per heavy atom. The molecule has 1 aliphatic rings. The van der Waals surface area contributed by atoms with E-state index in [1.54, 1.807) is 17.6 Å². The summed E-state index contributed by atoms with van der Waals surface area (Å²) in [4.78, 5) is 16.7. The molecule has 0 radical (unpaired) electrons. The Morgan fingerprint density at radius 2 is 1.96 bits per heavy atom. The van der Waals surface area contributed by atoms with Gasteiger partial charge in [-0.15, -0.1) is 11.3 Å². The maximum absolute atomic E-state index is 12.4. The van der Waals surface area contributed by atoms with Gasteiger partial charge in [0.25, 0.3) is 5.91 Å². The molecule has 0 saturated carbocycles. The molecule has 7 heteroatoms. The number of hydrogen-bond acceptors (Lipinski definition) is 4. The quantitative estimate of drug-likeness (QED) is 0.510. The van der Waals surface area contributed by atoms with Crippen LogP contribution in [0.25, 0.3) is 21.9 Å². The van der Waals surface area contributed by atoms with Crippen molar-refractivity contribution in [1.82, 2.24) is 4.98 Å². The van der Waals surface area contributed by atoms with Gasteiger partial charge in [0, 0.05) is 5.56 Å². The third kappa shape index (κ3) is 2.39. The Morgan fingerprint density at radius 1 is 1.22 bits per heavy atom. The highest BCUT2D eigenvalue weighted by molar-refractivity contribution is 9.11. The lowest BCUT2D eigenvalue weighted by Gasteiger charge is -2.04. The van der Waals surface area contributed by atoms with Crippen LogP contribution in [-0.2, 0) is 4.79 Å². The van der Waals surface area contributed by atoms with Gasteiger partial charge in [0.2, 0.25) is 0 Å². The minimum Gasteiger partial charge on any atom is -0.506 e. The number of nitrogens with one attached hydrogen (secondary N) is 1. The number of hydrogen-bond donors (Lipinski definition) is 2. The monoisotopic (exact) mass is 450 g/mol. The maximum atomic E-state index is 12.4. The number of phenolic OH excluding ortho intramolecular Hbond substituents is 1. The SMILES string of the molecule is O=C1Nc2ccc3ncsc3c2/C1=C/c1cc(Br)c(O)c(Br)c1. The average molecular weight is 452 g/mol. The van der Waals surface area contributed by atoms with Crippen LogP contribution in [0.5, 0.6) is 5.75 Å². The molecule has 3 aromatic rings. The lowest BCUT2D eigenvalue weighted by molar-refractivity contribution is -0.110. The summed E-state index contributed by atoms with van der Waals surface area (Å²) in [7, 11) is 0. The maximum Gasteiger partial charge on any atom is 0.256 e. The van der Waals surface area contributed by atoms with E-state index in [-0.39, 0.29) is 11.7 Å². The molecule has 23 heavy (non-hydrogen) atoms. The minimum absolute atomic E-state index is 0.133. The summed E-state index contributed by atoms with van der Waals surface area (Å²) >= 11 is 8.13. The molecule has 0 atom stereocenters. The molecule has 0 aliphatic carbocycles. The van der Waals surface area contributed by atoms with E-state index in [2.05, 4.69) is 42.2 Å². The summed E-state index contributed by atoms with van der Waals surface area (Å²) in [5.41, 5.74) is 5.74. The Kier molecular flexibility index (Phi) is 3.51. The van der Waals surface area contributed by atoms with Gasteiger partial charge in [-0.05, 0) is 67.8 Å². The van der Waals surface area contributed by atoms with Crippen LogP contribution in [-0.4, -0.2) is 16.0 Å². The lowest BCUT2D eigenvalue weighted by Crippen LogP contribution is -2.03. The first kappa shape index (κ1) is 14.9. The Balaban J connectivity index is 1.94. The number of thiazole rings is 1. The second kappa shape index (κ2) is 5.43. The third-order valence-corrected chi connectivity index (χ3v) is 5.68. The summed E-state index contributed by atoms with van der Waals surface area (Å²) in [6.45, 7) is 0. The van der Waals surface area contributed by atoms with Crippen LogP contribution in [0.4, 0.5) is 5.69 Å². The molecule has 114 valence electrons. The minimum atomic E-state index is -0.138. The number of aromatic hydroxyl groups is 1. The molecule has 0 unspecified atom stereocenters. The van der Waals surface area contributed by atoms with E-state index in [0.717, 1.165) is 27.0 Å². The van der Waals surface area contributed by atoms with Gasteiger partial charge in [0.1, 0.15) is 5.75 Å². The van der Waals surface area contributed by atoms with Crippen LogP contribution in [0, 0.1) is 0 Å². The van der Waals surface area contributed by atoms with Crippen molar-refractivity contribution in [2.75, 3.05) is 5.32 Å². The van der Waals surface area contributed by atoms with E-state index >= 15 is 0 Å². The van der Waals surface area contributed by atoms with Crippen LogP contribution >= 0.6 is 43.2 Å². The largest absolute Gasteiger partial charge is 0.506 e. The van der Waals surface area contributed by atoms with Crippen molar-refractivity contribution in [2.24, 2.45) is 0 Å². The first-order chi connectivity index (χ1) is 11.0. The summed E-state index contributed by atoms with van der Waals surface area (Å²) in [6.07, 6.45) is 1.81. The van der Waals surface area contributed by atoms with Crippen LogP contribution in [0.3, 0.4) is 0 Å². The molecular formula is C16H8Br2N2O2S. The highest BCUT2D eigenvalue weighted by Gasteiger charge is 2.27. The van der Waals surface area contributed by atoms with Gasteiger partial charge in [-0.1, -0.05) is 0 Å². The van der Waals surface area contributed by atoms with Crippen molar-refractivity contribution >= 4 is 76.7 Å². The number of carbonyl (C=O) groups is 1. The van der Waals surface area contributed by atoms with Crippen molar-refractivity contribution in [3.05, 3.63) is 49.8 Å². The van der Waals surface area contributed by atoms with E-state index in [4.69, 9.17) is 0 Å². The fraction of sp³-hybridized carbons (Fsp3) is 0. The van der Waals surface area contributed by atoms with Crippen molar-refractivity contribution in [1.29, 1.82) is 0 Å². The second-order valence-electron chi connectivity index (χ2n) is 5.03. The molecule has 2 aromatic carbocycles. The lowest BCUT2D eigenvalue weighted by atomic mass is 10.0. The Hall–Kier alpha value is -1.70. The number of carbonyl (C=O) groups excluding carboxylic acids is 1. The number of nitrogens with zero attached hydrogens (tertiary/aromatic N) is 1. The van der Waals surface area contributed by atoms with E-state index in [0.29, 0.717) is 14.5 Å². The predicted molar refractivity (Wildman–Crippen MR) is 99.6 cm³/mol. The number of phenols is 1. The first-order valence-electron chi connectivity index (χ1n) is 6.62. The van der Waals surface area contributed by atoms with Crippen molar-refractivity contribution in [3.63, 3.8) is 0 Å². The number of anilines is 1. The first-order valence-corrected chi connectivity index (χ1v) is 9.09. The van der Waals surface area contributed by atoms with Crippen molar-refractivity contribution in [2.45, 2.75) is 0 Å². The van der Waals surface area contributed by atoms with Crippen LogP contribution in [0.1, 0.15) is 11.1 Å². The van der Waals surface area contributed by atoms with E-state index < -0.39 is 0 Å². The number of fused-ring (bicyclic) bond motifs is 3. The van der Waals surface area contributed by atoms with Gasteiger partial charge in [-0.25, -0.2) is 4.98 Å². The molecule has 1 aromatic heterocycles. The normalized spacial score (nSPS) is 15.2. The van der Waals surface area contributed by atoms with Gasteiger partial charge >= 0.3 is 0 Å². The molecular weight excluding hydrogens is 444 g/mol. The third-order valence-electron chi connectivity index (χ3n) is 3.61. The standard InChI is InChI=1S/C16H8Br2N2O2S/c17-9-4-7(5-10(18)14(9)21)3-8-13-11(20-16(8)22)1-2-12-15(13)23-6-19-12/h1-6,21H,(H,20,22)/b8-3-.